The van der Waals surface area contributed by atoms with E-state index < -0.39 is 34.0 Å². The Labute approximate surface area is 172 Å². The van der Waals surface area contributed by atoms with Crippen LogP contribution in [0, 0.1) is 0 Å². The molecule has 2 aromatic carbocycles. The number of urea groups is 1. The van der Waals surface area contributed by atoms with Crippen LogP contribution in [0.5, 0.6) is 0 Å². The molecule has 1 atom stereocenters. The number of primary sulfonamides is 1. The number of benzene rings is 2. The summed E-state index contributed by atoms with van der Waals surface area (Å²) in [6.45, 7) is 1.44. The number of amides is 3. The van der Waals surface area contributed by atoms with Gasteiger partial charge < -0.3 is 10.1 Å². The summed E-state index contributed by atoms with van der Waals surface area (Å²) in [5.41, 5.74) is 0.547. The number of nitrogens with one attached hydrogen (secondary N) is 2. The Morgan fingerprint density at radius 2 is 1.79 bits per heavy atom. The van der Waals surface area contributed by atoms with Gasteiger partial charge in [-0.3, -0.25) is 10.1 Å². The van der Waals surface area contributed by atoms with Crippen molar-refractivity contribution in [1.82, 2.24) is 10.6 Å². The van der Waals surface area contributed by atoms with Gasteiger partial charge in [0.2, 0.25) is 10.0 Å². The third-order valence-electron chi connectivity index (χ3n) is 3.67. The monoisotopic (exact) mass is 439 g/mol. The minimum atomic E-state index is -4.06. The SMILES string of the molecule is CC(OC(=O)c1cc(S(N)(=O)=O)ccc1Cl)C(=O)NC(=O)NCc1ccccc1. The zero-order chi connectivity index (χ0) is 21.6. The lowest BCUT2D eigenvalue weighted by atomic mass is 10.2. The fourth-order valence-electron chi connectivity index (χ4n) is 2.15. The van der Waals surface area contributed by atoms with Crippen molar-refractivity contribution in [2.24, 2.45) is 5.14 Å². The highest BCUT2D eigenvalue weighted by Crippen LogP contribution is 2.21. The van der Waals surface area contributed by atoms with E-state index in [1.54, 1.807) is 24.3 Å². The van der Waals surface area contributed by atoms with Gasteiger partial charge in [-0.05, 0) is 30.7 Å². The molecule has 0 aliphatic heterocycles. The Kier molecular flexibility index (Phi) is 7.32. The van der Waals surface area contributed by atoms with Crippen LogP contribution >= 0.6 is 11.6 Å². The lowest BCUT2D eigenvalue weighted by Gasteiger charge is -2.14. The van der Waals surface area contributed by atoms with Crippen LogP contribution in [0.4, 0.5) is 4.79 Å². The van der Waals surface area contributed by atoms with Crippen molar-refractivity contribution >= 4 is 39.5 Å². The van der Waals surface area contributed by atoms with E-state index in [-0.39, 0.29) is 22.0 Å². The molecule has 0 bridgehead atoms. The number of nitrogens with two attached hydrogens (primary N) is 1. The zero-order valence-electron chi connectivity index (χ0n) is 15.2. The number of halogens is 1. The maximum Gasteiger partial charge on any atom is 0.340 e. The first-order valence-electron chi connectivity index (χ1n) is 8.24. The molecule has 29 heavy (non-hydrogen) atoms. The van der Waals surface area contributed by atoms with Crippen LogP contribution in [0.1, 0.15) is 22.8 Å². The van der Waals surface area contributed by atoms with Crippen LogP contribution in [-0.2, 0) is 26.1 Å². The smallest absolute Gasteiger partial charge is 0.340 e. The van der Waals surface area contributed by atoms with Crippen molar-refractivity contribution in [2.45, 2.75) is 24.5 Å². The molecule has 0 aliphatic carbocycles. The maximum atomic E-state index is 12.2. The molecule has 0 saturated carbocycles. The Morgan fingerprint density at radius 3 is 2.41 bits per heavy atom. The molecule has 0 spiro atoms. The molecule has 0 aliphatic rings. The van der Waals surface area contributed by atoms with Gasteiger partial charge in [-0.1, -0.05) is 41.9 Å². The first-order chi connectivity index (χ1) is 13.6. The number of carbonyl (C=O) groups is 3. The molecule has 0 fully saturated rings. The Bertz CT molecular complexity index is 1030. The Hall–Kier alpha value is -2.95. The number of ether oxygens (including phenoxy) is 1. The van der Waals surface area contributed by atoms with E-state index in [0.717, 1.165) is 17.7 Å². The van der Waals surface area contributed by atoms with Crippen molar-refractivity contribution in [3.63, 3.8) is 0 Å². The van der Waals surface area contributed by atoms with Crippen molar-refractivity contribution in [3.8, 4) is 0 Å². The average molecular weight is 440 g/mol. The van der Waals surface area contributed by atoms with Crippen molar-refractivity contribution in [1.29, 1.82) is 0 Å². The van der Waals surface area contributed by atoms with Crippen LogP contribution in [0.2, 0.25) is 5.02 Å². The Balaban J connectivity index is 1.95. The first-order valence-corrected chi connectivity index (χ1v) is 10.2. The number of esters is 1. The van der Waals surface area contributed by atoms with Crippen LogP contribution in [0.3, 0.4) is 0 Å². The highest BCUT2D eigenvalue weighted by molar-refractivity contribution is 7.89. The van der Waals surface area contributed by atoms with Gasteiger partial charge in [0.25, 0.3) is 5.91 Å². The fraction of sp³-hybridized carbons (Fsp3) is 0.167. The van der Waals surface area contributed by atoms with Crippen LogP contribution in [0.25, 0.3) is 0 Å². The van der Waals surface area contributed by atoms with Gasteiger partial charge >= 0.3 is 12.0 Å². The minimum Gasteiger partial charge on any atom is -0.449 e. The molecular formula is C18H18ClN3O6S. The van der Waals surface area contributed by atoms with E-state index in [1.165, 1.54) is 13.0 Å². The predicted octanol–water partition coefficient (Wildman–Crippen LogP) is 1.56. The number of carbonyl (C=O) groups excluding carboxylic acids is 3. The summed E-state index contributed by atoms with van der Waals surface area (Å²) in [7, 11) is -4.06. The molecule has 0 aromatic heterocycles. The van der Waals surface area contributed by atoms with Gasteiger partial charge in [0.1, 0.15) is 0 Å². The van der Waals surface area contributed by atoms with Gasteiger partial charge in [-0.2, -0.15) is 0 Å². The lowest BCUT2D eigenvalue weighted by Crippen LogP contribution is -2.44. The summed E-state index contributed by atoms with van der Waals surface area (Å²) < 4.78 is 27.8. The molecule has 2 rings (SSSR count). The third kappa shape index (κ3) is 6.56. The maximum absolute atomic E-state index is 12.2. The van der Waals surface area contributed by atoms with Crippen molar-refractivity contribution in [3.05, 3.63) is 64.7 Å². The highest BCUT2D eigenvalue weighted by atomic mass is 35.5. The largest absolute Gasteiger partial charge is 0.449 e. The molecule has 11 heteroatoms. The molecule has 2 aromatic rings. The molecule has 4 N–H and O–H groups in total. The number of rotatable bonds is 6. The second-order valence-corrected chi connectivity index (χ2v) is 7.86. The number of hydrogen-bond acceptors (Lipinski definition) is 6. The molecule has 9 nitrogen and oxygen atoms in total. The van der Waals surface area contributed by atoms with Gasteiger partial charge in [-0.25, -0.2) is 23.1 Å². The number of imide groups is 1. The van der Waals surface area contributed by atoms with Crippen LogP contribution in [0.15, 0.2) is 53.4 Å². The third-order valence-corrected chi connectivity index (χ3v) is 4.91. The standard InChI is InChI=1S/C18H18ClN3O6S/c1-11(16(23)22-18(25)21-10-12-5-3-2-4-6-12)28-17(24)14-9-13(29(20,26)27)7-8-15(14)19/h2-9,11H,10H2,1H3,(H2,20,26,27)(H2,21,22,23,25). The second-order valence-electron chi connectivity index (χ2n) is 5.89. The topological polar surface area (TPSA) is 145 Å². The fourth-order valence-corrected chi connectivity index (χ4v) is 2.89. The summed E-state index contributed by atoms with van der Waals surface area (Å²) in [6, 6.07) is 11.5. The summed E-state index contributed by atoms with van der Waals surface area (Å²) in [6.07, 6.45) is -1.35. The summed E-state index contributed by atoms with van der Waals surface area (Å²) >= 11 is 5.89. The van der Waals surface area contributed by atoms with Crippen LogP contribution < -0.4 is 15.8 Å². The van der Waals surface area contributed by atoms with Crippen LogP contribution in [-0.4, -0.2) is 32.4 Å². The molecule has 0 radical (unpaired) electrons. The minimum absolute atomic E-state index is 0.0874. The van der Waals surface area contributed by atoms with Gasteiger partial charge in [0.05, 0.1) is 15.5 Å². The zero-order valence-corrected chi connectivity index (χ0v) is 16.8. The van der Waals surface area contributed by atoms with E-state index in [9.17, 15) is 22.8 Å². The summed E-state index contributed by atoms with van der Waals surface area (Å²) in [5.74, 6) is -1.92. The normalized spacial score (nSPS) is 12.0. The first kappa shape index (κ1) is 22.3. The van der Waals surface area contributed by atoms with Gasteiger partial charge in [0.15, 0.2) is 6.10 Å². The van der Waals surface area contributed by atoms with Gasteiger partial charge in [-0.15, -0.1) is 0 Å². The predicted molar refractivity (Wildman–Crippen MR) is 105 cm³/mol. The number of hydrogen-bond donors (Lipinski definition) is 3. The summed E-state index contributed by atoms with van der Waals surface area (Å²) in [4.78, 5) is 35.7. The quantitative estimate of drug-likeness (QED) is 0.582. The van der Waals surface area contributed by atoms with E-state index in [4.69, 9.17) is 21.5 Å². The van der Waals surface area contributed by atoms with E-state index in [1.807, 2.05) is 11.4 Å². The lowest BCUT2D eigenvalue weighted by molar-refractivity contribution is -0.127. The highest BCUT2D eigenvalue weighted by Gasteiger charge is 2.23. The Morgan fingerprint density at radius 1 is 1.14 bits per heavy atom. The van der Waals surface area contributed by atoms with Gasteiger partial charge in [0, 0.05) is 6.54 Å². The number of sulfonamides is 1. The van der Waals surface area contributed by atoms with Crippen molar-refractivity contribution < 1.29 is 27.5 Å². The molecule has 1 unspecified atom stereocenters. The van der Waals surface area contributed by atoms with Crippen molar-refractivity contribution in [2.75, 3.05) is 0 Å². The average Bonchev–Trinajstić information content (AvgIpc) is 2.66. The molecule has 3 amide bonds. The second kappa shape index (κ2) is 9.50. The van der Waals surface area contributed by atoms with E-state index in [0.29, 0.717) is 0 Å². The summed E-state index contributed by atoms with van der Waals surface area (Å²) in [5, 5.41) is 9.46. The molecule has 154 valence electrons. The van der Waals surface area contributed by atoms with E-state index >= 15 is 0 Å². The molecule has 0 saturated heterocycles. The molecular weight excluding hydrogens is 422 g/mol. The molecule has 0 heterocycles. The van der Waals surface area contributed by atoms with E-state index in [2.05, 4.69) is 5.32 Å².